The Morgan fingerprint density at radius 1 is 1.59 bits per heavy atom. The lowest BCUT2D eigenvalue weighted by Gasteiger charge is -2.36. The average molecular weight is 271 g/mol. The van der Waals surface area contributed by atoms with Crippen molar-refractivity contribution in [2.75, 3.05) is 0 Å². The molecule has 1 aliphatic rings. The summed E-state index contributed by atoms with van der Waals surface area (Å²) in [6.45, 7) is 6.96. The van der Waals surface area contributed by atoms with Crippen molar-refractivity contribution in [2.45, 2.75) is 46.5 Å². The summed E-state index contributed by atoms with van der Waals surface area (Å²) in [7, 11) is 0. The molecule has 0 saturated carbocycles. The summed E-state index contributed by atoms with van der Waals surface area (Å²) in [6.07, 6.45) is 4.52. The monoisotopic (exact) mass is 270 g/mol. The Labute approximate surface area is 112 Å². The van der Waals surface area contributed by atoms with Crippen LogP contribution in [0.1, 0.15) is 54.4 Å². The van der Waals surface area contributed by atoms with Crippen LogP contribution in [0.5, 0.6) is 0 Å². The van der Waals surface area contributed by atoms with Crippen LogP contribution < -0.4 is 0 Å². The maximum Gasteiger partial charge on any atom is 0.253 e. The molecule has 0 fully saturated rings. The second kappa shape index (κ2) is 4.74. The summed E-state index contributed by atoms with van der Waals surface area (Å²) in [5.41, 5.74) is 2.37. The first-order chi connectivity index (χ1) is 7.95. The lowest BCUT2D eigenvalue weighted by molar-refractivity contribution is 0.108. The van der Waals surface area contributed by atoms with Gasteiger partial charge in [-0.3, -0.25) is 4.79 Å². The van der Waals surface area contributed by atoms with Crippen molar-refractivity contribution in [3.63, 3.8) is 0 Å². The minimum absolute atomic E-state index is 0.296. The van der Waals surface area contributed by atoms with Gasteiger partial charge < -0.3 is 0 Å². The second-order valence-electron chi connectivity index (χ2n) is 5.61. The summed E-state index contributed by atoms with van der Waals surface area (Å²) in [5, 5.41) is 1.64. The van der Waals surface area contributed by atoms with Gasteiger partial charge >= 0.3 is 0 Å². The molecule has 94 valence electrons. The quantitative estimate of drug-likeness (QED) is 0.730. The van der Waals surface area contributed by atoms with Gasteiger partial charge in [0.1, 0.15) is 0 Å². The van der Waals surface area contributed by atoms with E-state index in [-0.39, 0.29) is 5.24 Å². The molecule has 1 aliphatic carbocycles. The normalized spacial score (nSPS) is 20.1. The molecule has 0 radical (unpaired) electrons. The van der Waals surface area contributed by atoms with Gasteiger partial charge in [-0.25, -0.2) is 0 Å². The molecule has 3 heteroatoms. The van der Waals surface area contributed by atoms with Crippen LogP contribution in [-0.2, 0) is 12.8 Å². The van der Waals surface area contributed by atoms with Gasteiger partial charge in [0, 0.05) is 15.8 Å². The third-order valence-corrected chi connectivity index (χ3v) is 5.64. The Kier molecular flexibility index (Phi) is 3.65. The van der Waals surface area contributed by atoms with Crippen molar-refractivity contribution in [2.24, 2.45) is 11.3 Å². The number of carbonyl (C=O) groups excluding carboxylic acids is 1. The minimum atomic E-state index is -0.296. The smallest absolute Gasteiger partial charge is 0.253 e. The Morgan fingerprint density at radius 2 is 2.29 bits per heavy atom. The molecule has 0 amide bonds. The summed E-state index contributed by atoms with van der Waals surface area (Å²) in [5.74, 6) is 0.733. The van der Waals surface area contributed by atoms with Crippen LogP contribution in [0.3, 0.4) is 0 Å². The highest BCUT2D eigenvalue weighted by atomic mass is 35.5. The number of carbonyl (C=O) groups is 1. The second-order valence-corrected chi connectivity index (χ2v) is 6.91. The maximum absolute atomic E-state index is 11.3. The van der Waals surface area contributed by atoms with E-state index >= 15 is 0 Å². The Hall–Kier alpha value is -0.340. The summed E-state index contributed by atoms with van der Waals surface area (Å²) >= 11 is 7.31. The van der Waals surface area contributed by atoms with Crippen molar-refractivity contribution in [1.82, 2.24) is 0 Å². The van der Waals surface area contributed by atoms with Crippen LogP contribution in [0.2, 0.25) is 0 Å². The maximum atomic E-state index is 11.3. The molecule has 0 unspecified atom stereocenters. The largest absolute Gasteiger partial charge is 0.276 e. The molecule has 1 heterocycles. The first-order valence-electron chi connectivity index (χ1n) is 6.24. The molecule has 17 heavy (non-hydrogen) atoms. The zero-order valence-electron chi connectivity index (χ0n) is 10.7. The van der Waals surface area contributed by atoms with Crippen LogP contribution in [-0.4, -0.2) is 5.24 Å². The van der Waals surface area contributed by atoms with Crippen LogP contribution in [0.4, 0.5) is 0 Å². The fourth-order valence-electron chi connectivity index (χ4n) is 2.63. The zero-order valence-corrected chi connectivity index (χ0v) is 12.3. The summed E-state index contributed by atoms with van der Waals surface area (Å²) in [6, 6.07) is 0. The van der Waals surface area contributed by atoms with Crippen LogP contribution in [0.25, 0.3) is 0 Å². The highest BCUT2D eigenvalue weighted by Crippen LogP contribution is 2.42. The van der Waals surface area contributed by atoms with Crippen LogP contribution in [0, 0.1) is 11.3 Å². The fraction of sp³-hybridized carbons (Fsp3) is 0.643. The third kappa shape index (κ3) is 2.43. The van der Waals surface area contributed by atoms with E-state index in [1.165, 1.54) is 23.3 Å². The van der Waals surface area contributed by atoms with E-state index in [2.05, 4.69) is 20.8 Å². The van der Waals surface area contributed by atoms with Gasteiger partial charge in [0.2, 0.25) is 0 Å². The van der Waals surface area contributed by atoms with Crippen molar-refractivity contribution < 1.29 is 4.79 Å². The summed E-state index contributed by atoms with van der Waals surface area (Å²) < 4.78 is 0. The van der Waals surface area contributed by atoms with E-state index in [4.69, 9.17) is 11.6 Å². The van der Waals surface area contributed by atoms with Crippen molar-refractivity contribution >= 4 is 28.2 Å². The third-order valence-electron chi connectivity index (χ3n) is 4.38. The van der Waals surface area contributed by atoms with Crippen LogP contribution in [0.15, 0.2) is 5.38 Å². The predicted molar refractivity (Wildman–Crippen MR) is 74.1 cm³/mol. The standard InChI is InChI=1S/C14H19ClOS/c1-4-14(2,3)9-5-6-10-11(13(15)16)8-17-12(10)7-9/h8-9H,4-7H2,1-3H3/t9-/m0/s1. The van der Waals surface area contributed by atoms with Gasteiger partial charge in [-0.15, -0.1) is 11.3 Å². The lowest BCUT2D eigenvalue weighted by atomic mass is 9.70. The van der Waals surface area contributed by atoms with Crippen LogP contribution >= 0.6 is 22.9 Å². The van der Waals surface area contributed by atoms with Gasteiger partial charge in [-0.05, 0) is 47.8 Å². The molecule has 2 rings (SSSR count). The molecule has 0 aromatic carbocycles. The molecule has 1 aromatic heterocycles. The number of rotatable bonds is 3. The zero-order chi connectivity index (χ0) is 12.6. The van der Waals surface area contributed by atoms with E-state index in [0.29, 0.717) is 5.41 Å². The van der Waals surface area contributed by atoms with Gasteiger partial charge in [0.25, 0.3) is 5.24 Å². The Morgan fingerprint density at radius 3 is 2.88 bits per heavy atom. The molecular formula is C14H19ClOS. The average Bonchev–Trinajstić information content (AvgIpc) is 2.71. The molecule has 1 aromatic rings. The fourth-order valence-corrected chi connectivity index (χ4v) is 4.03. The highest BCUT2D eigenvalue weighted by molar-refractivity contribution is 7.10. The van der Waals surface area contributed by atoms with Gasteiger partial charge in [0.15, 0.2) is 0 Å². The van der Waals surface area contributed by atoms with Gasteiger partial charge in [-0.2, -0.15) is 0 Å². The van der Waals surface area contributed by atoms with Crippen molar-refractivity contribution in [1.29, 1.82) is 0 Å². The van der Waals surface area contributed by atoms with E-state index in [1.807, 2.05) is 5.38 Å². The minimum Gasteiger partial charge on any atom is -0.276 e. The molecule has 0 aliphatic heterocycles. The molecular weight excluding hydrogens is 252 g/mol. The molecule has 0 N–H and O–H groups in total. The summed E-state index contributed by atoms with van der Waals surface area (Å²) in [4.78, 5) is 12.7. The van der Waals surface area contributed by atoms with E-state index in [0.717, 1.165) is 24.3 Å². The molecule has 1 atom stereocenters. The number of hydrogen-bond acceptors (Lipinski definition) is 2. The van der Waals surface area contributed by atoms with E-state index in [1.54, 1.807) is 11.3 Å². The SMILES string of the molecule is CCC(C)(C)[C@H]1CCc2c(C(=O)Cl)csc2C1. The molecule has 1 nitrogen and oxygen atoms in total. The first kappa shape index (κ1) is 13.1. The van der Waals surface area contributed by atoms with Gasteiger partial charge in [-0.1, -0.05) is 27.2 Å². The van der Waals surface area contributed by atoms with E-state index in [9.17, 15) is 4.79 Å². The first-order valence-corrected chi connectivity index (χ1v) is 7.50. The number of thiophene rings is 1. The van der Waals surface area contributed by atoms with Crippen molar-refractivity contribution in [3.8, 4) is 0 Å². The van der Waals surface area contributed by atoms with Gasteiger partial charge in [0.05, 0.1) is 0 Å². The topological polar surface area (TPSA) is 17.1 Å². The predicted octanol–water partition coefficient (Wildman–Crippen LogP) is 4.67. The number of halogens is 1. The number of fused-ring (bicyclic) bond motifs is 1. The Balaban J connectivity index is 2.24. The number of hydrogen-bond donors (Lipinski definition) is 0. The Bertz CT molecular complexity index is 433. The highest BCUT2D eigenvalue weighted by Gasteiger charge is 2.33. The van der Waals surface area contributed by atoms with E-state index < -0.39 is 0 Å². The lowest BCUT2D eigenvalue weighted by Crippen LogP contribution is -2.28. The molecule has 0 spiro atoms. The molecule has 0 bridgehead atoms. The molecule has 0 saturated heterocycles. The van der Waals surface area contributed by atoms with Crippen molar-refractivity contribution in [3.05, 3.63) is 21.4 Å².